The molecule has 3 aromatic rings. The first-order valence-corrected chi connectivity index (χ1v) is 9.48. The molecule has 1 atom stereocenters. The predicted octanol–water partition coefficient (Wildman–Crippen LogP) is 4.62. The maximum absolute atomic E-state index is 12.6. The molecule has 5 nitrogen and oxygen atoms in total. The van der Waals surface area contributed by atoms with E-state index in [0.717, 1.165) is 22.4 Å². The van der Waals surface area contributed by atoms with Crippen LogP contribution in [0.3, 0.4) is 0 Å². The zero-order valence-electron chi connectivity index (χ0n) is 15.3. The van der Waals surface area contributed by atoms with Gasteiger partial charge in [-0.3, -0.25) is 4.79 Å². The Morgan fingerprint density at radius 2 is 1.96 bits per heavy atom. The van der Waals surface area contributed by atoms with Crippen molar-refractivity contribution in [2.45, 2.75) is 32.2 Å². The Bertz CT molecular complexity index is 1000. The first kappa shape index (κ1) is 17.7. The minimum absolute atomic E-state index is 0.0474. The number of nitrogens with one attached hydrogen (secondary N) is 1. The topological polar surface area (TPSA) is 58.1 Å². The van der Waals surface area contributed by atoms with E-state index in [-0.39, 0.29) is 17.9 Å². The molecule has 0 saturated carbocycles. The average molecular weight is 381 g/mol. The van der Waals surface area contributed by atoms with Gasteiger partial charge in [-0.1, -0.05) is 29.8 Å². The van der Waals surface area contributed by atoms with Crippen molar-refractivity contribution < 1.29 is 4.79 Å². The molecule has 6 heteroatoms. The summed E-state index contributed by atoms with van der Waals surface area (Å²) < 4.78 is 0. The monoisotopic (exact) mass is 380 g/mol. The molecule has 138 valence electrons. The SMILES string of the molecule is CC(C)Nc1nc(C2CC(=O)N(c3cccc(Cl)c3)C2)nc2ccccc12. The van der Waals surface area contributed by atoms with Gasteiger partial charge in [0.15, 0.2) is 0 Å². The van der Waals surface area contributed by atoms with Crippen molar-refractivity contribution in [2.24, 2.45) is 0 Å². The Morgan fingerprint density at radius 3 is 2.74 bits per heavy atom. The van der Waals surface area contributed by atoms with Crippen molar-refractivity contribution in [1.82, 2.24) is 9.97 Å². The number of nitrogens with zero attached hydrogens (tertiary/aromatic N) is 3. The third-order valence-electron chi connectivity index (χ3n) is 4.66. The molecular weight excluding hydrogens is 360 g/mol. The van der Waals surface area contributed by atoms with Gasteiger partial charge in [0.25, 0.3) is 0 Å². The van der Waals surface area contributed by atoms with Gasteiger partial charge >= 0.3 is 0 Å². The minimum atomic E-state index is -0.0474. The third-order valence-corrected chi connectivity index (χ3v) is 4.89. The van der Waals surface area contributed by atoms with Crippen LogP contribution in [0, 0.1) is 0 Å². The van der Waals surface area contributed by atoms with Crippen LogP contribution < -0.4 is 10.2 Å². The quantitative estimate of drug-likeness (QED) is 0.717. The van der Waals surface area contributed by atoms with Gasteiger partial charge in [-0.2, -0.15) is 0 Å². The molecule has 1 aromatic heterocycles. The highest BCUT2D eigenvalue weighted by molar-refractivity contribution is 6.30. The van der Waals surface area contributed by atoms with E-state index in [1.165, 1.54) is 0 Å². The van der Waals surface area contributed by atoms with Crippen LogP contribution in [0.25, 0.3) is 10.9 Å². The molecule has 1 fully saturated rings. The van der Waals surface area contributed by atoms with Crippen LogP contribution in [-0.4, -0.2) is 28.5 Å². The number of rotatable bonds is 4. The van der Waals surface area contributed by atoms with Crippen LogP contribution in [0.1, 0.15) is 32.0 Å². The first-order chi connectivity index (χ1) is 13.0. The van der Waals surface area contributed by atoms with Gasteiger partial charge in [0.2, 0.25) is 5.91 Å². The molecule has 0 aliphatic carbocycles. The number of hydrogen-bond donors (Lipinski definition) is 1. The molecule has 1 saturated heterocycles. The minimum Gasteiger partial charge on any atom is -0.367 e. The number of para-hydroxylation sites is 1. The van der Waals surface area contributed by atoms with Crippen molar-refractivity contribution in [3.63, 3.8) is 0 Å². The molecular formula is C21H21ClN4O. The molecule has 0 radical (unpaired) electrons. The summed E-state index contributed by atoms with van der Waals surface area (Å²) in [5, 5.41) is 5.02. The molecule has 1 aliphatic rings. The Labute approximate surface area is 163 Å². The second-order valence-electron chi connectivity index (χ2n) is 7.13. The fourth-order valence-electron chi connectivity index (χ4n) is 3.43. The molecule has 1 N–H and O–H groups in total. The standard InChI is InChI=1S/C21H21ClN4O/c1-13(2)23-21-17-8-3-4-9-18(17)24-20(25-21)14-10-19(27)26(12-14)16-7-5-6-15(22)11-16/h3-9,11,13-14H,10,12H2,1-2H3,(H,23,24,25). The van der Waals surface area contributed by atoms with Gasteiger partial charge in [0.05, 0.1) is 5.52 Å². The number of halogens is 1. The van der Waals surface area contributed by atoms with E-state index in [1.54, 1.807) is 11.0 Å². The van der Waals surface area contributed by atoms with Crippen LogP contribution in [-0.2, 0) is 4.79 Å². The van der Waals surface area contributed by atoms with Crippen molar-refractivity contribution >= 4 is 39.9 Å². The number of amides is 1. The molecule has 4 rings (SSSR count). The summed E-state index contributed by atoms with van der Waals surface area (Å²) in [5.74, 6) is 1.54. The molecule has 1 aliphatic heterocycles. The number of aromatic nitrogens is 2. The maximum Gasteiger partial charge on any atom is 0.227 e. The van der Waals surface area contributed by atoms with Crippen LogP contribution >= 0.6 is 11.6 Å². The van der Waals surface area contributed by atoms with Gasteiger partial charge in [-0.25, -0.2) is 9.97 Å². The lowest BCUT2D eigenvalue weighted by Gasteiger charge is -2.18. The molecule has 27 heavy (non-hydrogen) atoms. The number of carbonyl (C=O) groups is 1. The van der Waals surface area contributed by atoms with Gasteiger partial charge in [-0.15, -0.1) is 0 Å². The van der Waals surface area contributed by atoms with Gasteiger partial charge in [-0.05, 0) is 44.2 Å². The predicted molar refractivity (Wildman–Crippen MR) is 109 cm³/mol. The lowest BCUT2D eigenvalue weighted by atomic mass is 10.1. The zero-order chi connectivity index (χ0) is 19.0. The van der Waals surface area contributed by atoms with E-state index >= 15 is 0 Å². The molecule has 0 bridgehead atoms. The lowest BCUT2D eigenvalue weighted by molar-refractivity contribution is -0.117. The summed E-state index contributed by atoms with van der Waals surface area (Å²) in [7, 11) is 0. The number of benzene rings is 2. The molecule has 1 amide bonds. The molecule has 2 aromatic carbocycles. The Kier molecular flexibility index (Phi) is 4.70. The van der Waals surface area contributed by atoms with Crippen molar-refractivity contribution in [2.75, 3.05) is 16.8 Å². The summed E-state index contributed by atoms with van der Waals surface area (Å²) in [5.41, 5.74) is 1.70. The third kappa shape index (κ3) is 3.60. The highest BCUT2D eigenvalue weighted by Gasteiger charge is 2.34. The number of hydrogen-bond acceptors (Lipinski definition) is 4. The Hall–Kier alpha value is -2.66. The fourth-order valence-corrected chi connectivity index (χ4v) is 3.62. The second-order valence-corrected chi connectivity index (χ2v) is 7.57. The fraction of sp³-hybridized carbons (Fsp3) is 0.286. The number of fused-ring (bicyclic) bond motifs is 1. The van der Waals surface area contributed by atoms with Crippen LogP contribution in [0.2, 0.25) is 5.02 Å². The summed E-state index contributed by atoms with van der Waals surface area (Å²) in [6, 6.07) is 15.6. The van der Waals surface area contributed by atoms with E-state index in [4.69, 9.17) is 21.6 Å². The summed E-state index contributed by atoms with van der Waals surface area (Å²) in [4.78, 5) is 23.9. The van der Waals surface area contributed by atoms with Gasteiger partial charge < -0.3 is 10.2 Å². The van der Waals surface area contributed by atoms with E-state index in [1.807, 2.05) is 42.5 Å². The summed E-state index contributed by atoms with van der Waals surface area (Å²) in [6.45, 7) is 4.71. The molecule has 1 unspecified atom stereocenters. The van der Waals surface area contributed by atoms with E-state index in [9.17, 15) is 4.79 Å². The number of anilines is 2. The summed E-state index contributed by atoms with van der Waals surface area (Å²) >= 11 is 6.09. The summed E-state index contributed by atoms with van der Waals surface area (Å²) in [6.07, 6.45) is 0.395. The lowest BCUT2D eigenvalue weighted by Crippen LogP contribution is -2.24. The van der Waals surface area contributed by atoms with Gasteiger partial charge in [0.1, 0.15) is 11.6 Å². The Balaban J connectivity index is 1.69. The van der Waals surface area contributed by atoms with E-state index < -0.39 is 0 Å². The van der Waals surface area contributed by atoms with Crippen LogP contribution in [0.5, 0.6) is 0 Å². The Morgan fingerprint density at radius 1 is 1.15 bits per heavy atom. The number of carbonyl (C=O) groups excluding carboxylic acids is 1. The highest BCUT2D eigenvalue weighted by atomic mass is 35.5. The smallest absolute Gasteiger partial charge is 0.227 e. The van der Waals surface area contributed by atoms with Gasteiger partial charge in [0, 0.05) is 41.0 Å². The maximum atomic E-state index is 12.6. The second kappa shape index (κ2) is 7.16. The average Bonchev–Trinajstić information content (AvgIpc) is 3.03. The van der Waals surface area contributed by atoms with E-state index in [0.29, 0.717) is 23.8 Å². The largest absolute Gasteiger partial charge is 0.367 e. The van der Waals surface area contributed by atoms with Crippen LogP contribution in [0.4, 0.5) is 11.5 Å². The molecule has 0 spiro atoms. The van der Waals surface area contributed by atoms with Crippen molar-refractivity contribution in [3.05, 3.63) is 59.4 Å². The zero-order valence-corrected chi connectivity index (χ0v) is 16.1. The van der Waals surface area contributed by atoms with Crippen LogP contribution in [0.15, 0.2) is 48.5 Å². The van der Waals surface area contributed by atoms with E-state index in [2.05, 4.69) is 19.2 Å². The molecule has 2 heterocycles. The first-order valence-electron chi connectivity index (χ1n) is 9.10. The van der Waals surface area contributed by atoms with Crippen molar-refractivity contribution in [1.29, 1.82) is 0 Å². The van der Waals surface area contributed by atoms with Crippen molar-refractivity contribution in [3.8, 4) is 0 Å². The highest BCUT2D eigenvalue weighted by Crippen LogP contribution is 2.33. The normalized spacial score (nSPS) is 17.1.